The van der Waals surface area contributed by atoms with Gasteiger partial charge in [0.15, 0.2) is 0 Å². The van der Waals surface area contributed by atoms with Crippen molar-refractivity contribution in [3.8, 4) is 0 Å². The Labute approximate surface area is 111 Å². The zero-order valence-electron chi connectivity index (χ0n) is 9.71. The van der Waals surface area contributed by atoms with Crippen molar-refractivity contribution in [2.45, 2.75) is 39.2 Å². The van der Waals surface area contributed by atoms with Gasteiger partial charge in [0, 0.05) is 9.50 Å². The van der Waals surface area contributed by atoms with E-state index in [1.165, 1.54) is 0 Å². The Balaban J connectivity index is 2.59. The minimum Gasteiger partial charge on any atom is -0.393 e. The van der Waals surface area contributed by atoms with Crippen LogP contribution < -0.4 is 0 Å². The van der Waals surface area contributed by atoms with Crippen molar-refractivity contribution in [1.29, 1.82) is 0 Å². The second kappa shape index (κ2) is 6.63. The van der Waals surface area contributed by atoms with Crippen molar-refractivity contribution in [3.63, 3.8) is 0 Å². The molecule has 0 aromatic heterocycles. The number of aliphatic hydroxyl groups is 1. The van der Waals surface area contributed by atoms with Gasteiger partial charge >= 0.3 is 0 Å². The molecule has 90 valence electrons. The predicted octanol–water partition coefficient (Wildman–Crippen LogP) is 4.44. The Morgan fingerprint density at radius 3 is 2.69 bits per heavy atom. The lowest BCUT2D eigenvalue weighted by Crippen LogP contribution is -2.14. The van der Waals surface area contributed by atoms with E-state index in [1.54, 1.807) is 0 Å². The molecule has 1 aromatic rings. The molecule has 0 aliphatic rings. The van der Waals surface area contributed by atoms with Crippen molar-refractivity contribution in [2.75, 3.05) is 0 Å². The minimum atomic E-state index is -0.298. The van der Waals surface area contributed by atoms with E-state index in [0.717, 1.165) is 27.9 Å². The van der Waals surface area contributed by atoms with Gasteiger partial charge < -0.3 is 5.11 Å². The highest BCUT2D eigenvalue weighted by atomic mass is 79.9. The summed E-state index contributed by atoms with van der Waals surface area (Å²) in [5.41, 5.74) is 1.01. The molecule has 0 saturated carbocycles. The first-order chi connectivity index (χ1) is 7.52. The summed E-state index contributed by atoms with van der Waals surface area (Å²) in [6, 6.07) is 5.79. The van der Waals surface area contributed by atoms with Gasteiger partial charge in [-0.05, 0) is 36.5 Å². The van der Waals surface area contributed by atoms with Crippen LogP contribution >= 0.6 is 27.5 Å². The summed E-state index contributed by atoms with van der Waals surface area (Å²) >= 11 is 9.47. The van der Waals surface area contributed by atoms with Crippen molar-refractivity contribution >= 4 is 27.5 Å². The standard InChI is InChI=1S/C13H18BrClO/c1-3-9(2)6-12(16)7-10-4-5-11(14)8-13(10)15/h4-5,8-9,12,16H,3,6-7H2,1-2H3. The highest BCUT2D eigenvalue weighted by Crippen LogP contribution is 2.23. The lowest BCUT2D eigenvalue weighted by Gasteiger charge is -2.15. The van der Waals surface area contributed by atoms with E-state index in [-0.39, 0.29) is 6.10 Å². The first kappa shape index (κ1) is 14.0. The third-order valence-electron chi connectivity index (χ3n) is 2.84. The SMILES string of the molecule is CCC(C)CC(O)Cc1ccc(Br)cc1Cl. The number of aliphatic hydroxyl groups excluding tert-OH is 1. The van der Waals surface area contributed by atoms with Crippen LogP contribution in [0.1, 0.15) is 32.3 Å². The molecule has 0 amide bonds. The van der Waals surface area contributed by atoms with E-state index in [1.807, 2.05) is 18.2 Å². The molecular weight excluding hydrogens is 287 g/mol. The van der Waals surface area contributed by atoms with Gasteiger partial charge in [0.05, 0.1) is 6.10 Å². The molecule has 0 aliphatic carbocycles. The second-order valence-corrected chi connectivity index (χ2v) is 5.67. The summed E-state index contributed by atoms with van der Waals surface area (Å²) in [6.45, 7) is 4.30. The number of benzene rings is 1. The second-order valence-electron chi connectivity index (χ2n) is 4.34. The molecule has 16 heavy (non-hydrogen) atoms. The van der Waals surface area contributed by atoms with Crippen molar-refractivity contribution in [1.82, 2.24) is 0 Å². The highest BCUT2D eigenvalue weighted by Gasteiger charge is 2.11. The molecule has 0 aliphatic heterocycles. The van der Waals surface area contributed by atoms with Crippen molar-refractivity contribution in [2.24, 2.45) is 5.92 Å². The maximum absolute atomic E-state index is 9.93. The lowest BCUT2D eigenvalue weighted by molar-refractivity contribution is 0.145. The summed E-state index contributed by atoms with van der Waals surface area (Å²) in [5.74, 6) is 0.559. The van der Waals surface area contributed by atoms with Gasteiger partial charge in [-0.2, -0.15) is 0 Å². The highest BCUT2D eigenvalue weighted by molar-refractivity contribution is 9.10. The van der Waals surface area contributed by atoms with E-state index in [9.17, 15) is 5.11 Å². The number of hydrogen-bond donors (Lipinski definition) is 1. The van der Waals surface area contributed by atoms with E-state index in [0.29, 0.717) is 12.3 Å². The van der Waals surface area contributed by atoms with Crippen LogP contribution in [0.15, 0.2) is 22.7 Å². The monoisotopic (exact) mass is 304 g/mol. The topological polar surface area (TPSA) is 20.2 Å². The average molecular weight is 306 g/mol. The van der Waals surface area contributed by atoms with E-state index >= 15 is 0 Å². The molecule has 1 rings (SSSR count). The molecule has 0 bridgehead atoms. The molecule has 0 radical (unpaired) electrons. The Morgan fingerprint density at radius 1 is 1.44 bits per heavy atom. The first-order valence-corrected chi connectivity index (χ1v) is 6.82. The fraction of sp³-hybridized carbons (Fsp3) is 0.538. The normalized spacial score (nSPS) is 14.8. The molecule has 3 heteroatoms. The number of rotatable bonds is 5. The summed E-state index contributed by atoms with van der Waals surface area (Å²) in [6.07, 6.45) is 2.28. The molecular formula is C13H18BrClO. The van der Waals surface area contributed by atoms with E-state index in [4.69, 9.17) is 11.6 Å². The Bertz CT molecular complexity index is 341. The molecule has 0 spiro atoms. The Morgan fingerprint density at radius 2 is 2.12 bits per heavy atom. The van der Waals surface area contributed by atoms with Crippen LogP contribution in [0, 0.1) is 5.92 Å². The van der Waals surface area contributed by atoms with Gasteiger partial charge in [0.2, 0.25) is 0 Å². The summed E-state index contributed by atoms with van der Waals surface area (Å²) < 4.78 is 0.970. The van der Waals surface area contributed by atoms with Gasteiger partial charge in [-0.25, -0.2) is 0 Å². The number of hydrogen-bond acceptors (Lipinski definition) is 1. The summed E-state index contributed by atoms with van der Waals surface area (Å²) in [7, 11) is 0. The zero-order valence-corrected chi connectivity index (χ0v) is 12.1. The molecule has 0 heterocycles. The largest absolute Gasteiger partial charge is 0.393 e. The average Bonchev–Trinajstić information content (AvgIpc) is 2.22. The molecule has 1 aromatic carbocycles. The third kappa shape index (κ3) is 4.44. The molecule has 2 atom stereocenters. The minimum absolute atomic E-state index is 0.298. The van der Waals surface area contributed by atoms with Crippen molar-refractivity contribution in [3.05, 3.63) is 33.3 Å². The van der Waals surface area contributed by atoms with Crippen molar-refractivity contribution < 1.29 is 5.11 Å². The van der Waals surface area contributed by atoms with Crippen LogP contribution in [-0.2, 0) is 6.42 Å². The van der Waals surface area contributed by atoms with Crippen LogP contribution in [0.3, 0.4) is 0 Å². The van der Waals surface area contributed by atoms with Gasteiger partial charge in [0.25, 0.3) is 0 Å². The Hall–Kier alpha value is -0.0500. The fourth-order valence-electron chi connectivity index (χ4n) is 1.66. The van der Waals surface area contributed by atoms with Crippen LogP contribution in [0.4, 0.5) is 0 Å². The zero-order chi connectivity index (χ0) is 12.1. The van der Waals surface area contributed by atoms with Gasteiger partial charge in [-0.1, -0.05) is 53.9 Å². The molecule has 1 N–H and O–H groups in total. The molecule has 2 unspecified atom stereocenters. The third-order valence-corrected chi connectivity index (χ3v) is 3.69. The van der Waals surface area contributed by atoms with E-state index < -0.39 is 0 Å². The maximum Gasteiger partial charge on any atom is 0.0583 e. The quantitative estimate of drug-likeness (QED) is 0.852. The molecule has 1 nitrogen and oxygen atoms in total. The molecule has 0 fully saturated rings. The van der Waals surface area contributed by atoms with Crippen LogP contribution in [0.5, 0.6) is 0 Å². The first-order valence-electron chi connectivity index (χ1n) is 5.65. The summed E-state index contributed by atoms with van der Waals surface area (Å²) in [4.78, 5) is 0. The predicted molar refractivity (Wildman–Crippen MR) is 72.9 cm³/mol. The fourth-order valence-corrected chi connectivity index (χ4v) is 2.41. The van der Waals surface area contributed by atoms with Gasteiger partial charge in [0.1, 0.15) is 0 Å². The maximum atomic E-state index is 9.93. The van der Waals surface area contributed by atoms with Crippen LogP contribution in [0.2, 0.25) is 5.02 Å². The Kier molecular flexibility index (Phi) is 5.81. The van der Waals surface area contributed by atoms with Gasteiger partial charge in [-0.15, -0.1) is 0 Å². The van der Waals surface area contributed by atoms with E-state index in [2.05, 4.69) is 29.8 Å². The summed E-state index contributed by atoms with van der Waals surface area (Å²) in [5, 5.41) is 10.6. The lowest BCUT2D eigenvalue weighted by atomic mass is 9.97. The number of halogens is 2. The van der Waals surface area contributed by atoms with Crippen LogP contribution in [0.25, 0.3) is 0 Å². The van der Waals surface area contributed by atoms with Gasteiger partial charge in [-0.3, -0.25) is 0 Å². The smallest absolute Gasteiger partial charge is 0.0583 e. The van der Waals surface area contributed by atoms with Crippen LogP contribution in [-0.4, -0.2) is 11.2 Å². The molecule has 0 saturated heterocycles.